The third-order valence-corrected chi connectivity index (χ3v) is 4.41. The minimum Gasteiger partial charge on any atom is -0.481 e. The second-order valence-electron chi connectivity index (χ2n) is 6.62. The molecule has 24 heavy (non-hydrogen) atoms. The van der Waals surface area contributed by atoms with Crippen molar-refractivity contribution in [2.24, 2.45) is 0 Å². The summed E-state index contributed by atoms with van der Waals surface area (Å²) >= 11 is 0. The van der Waals surface area contributed by atoms with Gasteiger partial charge in [-0.3, -0.25) is 9.59 Å². The molecule has 1 rings (SSSR count). The number of carbonyl (C=O) groups is 2. The summed E-state index contributed by atoms with van der Waals surface area (Å²) in [4.78, 5) is 22.2. The van der Waals surface area contributed by atoms with Crippen molar-refractivity contribution in [3.8, 4) is 0 Å². The van der Waals surface area contributed by atoms with E-state index in [4.69, 9.17) is 5.11 Å². The van der Waals surface area contributed by atoms with Gasteiger partial charge in [-0.25, -0.2) is 0 Å². The Bertz CT molecular complexity index is 476. The first-order chi connectivity index (χ1) is 11.6. The molecule has 0 aliphatic rings. The quantitative estimate of drug-likeness (QED) is 0.266. The van der Waals surface area contributed by atoms with Crippen LogP contribution in [0.4, 0.5) is 0 Å². The summed E-state index contributed by atoms with van der Waals surface area (Å²) in [5.41, 5.74) is 1.71. The Morgan fingerprint density at radius 2 is 1.29 bits per heavy atom. The van der Waals surface area contributed by atoms with Gasteiger partial charge in [0.25, 0.3) is 0 Å². The number of carboxylic acids is 1. The molecule has 0 heterocycles. The Morgan fingerprint density at radius 3 is 1.79 bits per heavy atom. The topological polar surface area (TPSA) is 54.4 Å². The van der Waals surface area contributed by atoms with Crippen molar-refractivity contribution in [3.63, 3.8) is 0 Å². The fourth-order valence-corrected chi connectivity index (χ4v) is 2.91. The lowest BCUT2D eigenvalue weighted by Gasteiger charge is -2.04. The van der Waals surface area contributed by atoms with Gasteiger partial charge < -0.3 is 5.11 Å². The summed E-state index contributed by atoms with van der Waals surface area (Å²) in [6, 6.07) is 7.39. The minimum atomic E-state index is -1.07. The number of unbranched alkanes of at least 4 members (excludes halogenated alkanes) is 9. The molecule has 0 radical (unpaired) electrons. The van der Waals surface area contributed by atoms with Crippen LogP contribution in [0.1, 0.15) is 93.5 Å². The third-order valence-electron chi connectivity index (χ3n) is 4.41. The number of aliphatic carboxylic acids is 1. The van der Waals surface area contributed by atoms with Gasteiger partial charge in [-0.1, -0.05) is 89.0 Å². The summed E-state index contributed by atoms with van der Waals surface area (Å²) in [5.74, 6) is -1.40. The van der Waals surface area contributed by atoms with Crippen molar-refractivity contribution < 1.29 is 14.7 Å². The average molecular weight is 332 g/mol. The molecule has 0 aliphatic heterocycles. The van der Waals surface area contributed by atoms with Gasteiger partial charge >= 0.3 is 5.97 Å². The molecule has 0 saturated carbocycles. The summed E-state index contributed by atoms with van der Waals surface area (Å²) in [6.45, 7) is 2.25. The van der Waals surface area contributed by atoms with Gasteiger partial charge in [0.05, 0.1) is 0 Å². The first kappa shape index (κ1) is 20.4. The lowest BCUT2D eigenvalue weighted by atomic mass is 10.0. The molecule has 1 aromatic rings. The first-order valence-corrected chi connectivity index (χ1v) is 9.47. The van der Waals surface area contributed by atoms with Crippen LogP contribution in [0, 0.1) is 0 Å². The SMILES string of the molecule is CCCCCCCCCCCCc1ccc(C(=O)CC(=O)O)cc1. The lowest BCUT2D eigenvalue weighted by molar-refractivity contribution is -0.135. The number of ketones is 1. The molecular weight excluding hydrogens is 300 g/mol. The molecule has 0 fully saturated rings. The van der Waals surface area contributed by atoms with Crippen LogP contribution in [0.3, 0.4) is 0 Å². The Balaban J connectivity index is 2.09. The molecular formula is C21H32O3. The maximum Gasteiger partial charge on any atom is 0.311 e. The van der Waals surface area contributed by atoms with Gasteiger partial charge in [0, 0.05) is 5.56 Å². The smallest absolute Gasteiger partial charge is 0.311 e. The van der Waals surface area contributed by atoms with Crippen molar-refractivity contribution in [2.75, 3.05) is 0 Å². The minimum absolute atomic E-state index is 0.326. The van der Waals surface area contributed by atoms with Crippen LogP contribution in [-0.4, -0.2) is 16.9 Å². The molecule has 0 aromatic heterocycles. The van der Waals surface area contributed by atoms with E-state index in [1.54, 1.807) is 12.1 Å². The van der Waals surface area contributed by atoms with Crippen molar-refractivity contribution in [3.05, 3.63) is 35.4 Å². The zero-order valence-electron chi connectivity index (χ0n) is 15.1. The van der Waals surface area contributed by atoms with E-state index < -0.39 is 12.4 Å². The van der Waals surface area contributed by atoms with Crippen molar-refractivity contribution in [2.45, 2.75) is 84.0 Å². The molecule has 0 amide bonds. The fourth-order valence-electron chi connectivity index (χ4n) is 2.91. The summed E-state index contributed by atoms with van der Waals surface area (Å²) in [7, 11) is 0. The molecule has 0 spiro atoms. The molecule has 1 aromatic carbocycles. The number of carbonyl (C=O) groups excluding carboxylic acids is 1. The highest BCUT2D eigenvalue weighted by Crippen LogP contribution is 2.13. The highest BCUT2D eigenvalue weighted by Gasteiger charge is 2.10. The van der Waals surface area contributed by atoms with Crippen LogP contribution >= 0.6 is 0 Å². The molecule has 0 atom stereocenters. The third kappa shape index (κ3) is 9.49. The maximum absolute atomic E-state index is 11.6. The van der Waals surface area contributed by atoms with Crippen molar-refractivity contribution in [1.82, 2.24) is 0 Å². The van der Waals surface area contributed by atoms with Crippen LogP contribution < -0.4 is 0 Å². The van der Waals surface area contributed by atoms with E-state index in [0.29, 0.717) is 5.56 Å². The number of benzene rings is 1. The van der Waals surface area contributed by atoms with E-state index in [9.17, 15) is 9.59 Å². The summed E-state index contributed by atoms with van der Waals surface area (Å²) < 4.78 is 0. The zero-order valence-corrected chi connectivity index (χ0v) is 15.1. The highest BCUT2D eigenvalue weighted by atomic mass is 16.4. The first-order valence-electron chi connectivity index (χ1n) is 9.47. The molecule has 3 heteroatoms. The van der Waals surface area contributed by atoms with E-state index in [0.717, 1.165) is 6.42 Å². The Morgan fingerprint density at radius 1 is 0.792 bits per heavy atom. The normalized spacial score (nSPS) is 10.7. The molecule has 0 unspecified atom stereocenters. The van der Waals surface area contributed by atoms with Crippen molar-refractivity contribution in [1.29, 1.82) is 0 Å². The molecule has 0 saturated heterocycles. The number of aryl methyl sites for hydroxylation is 1. The largest absolute Gasteiger partial charge is 0.481 e. The highest BCUT2D eigenvalue weighted by molar-refractivity contribution is 6.05. The average Bonchev–Trinajstić information content (AvgIpc) is 2.56. The van der Waals surface area contributed by atoms with E-state index in [-0.39, 0.29) is 5.78 Å². The molecule has 1 N–H and O–H groups in total. The fraction of sp³-hybridized carbons (Fsp3) is 0.619. The number of hydrogen-bond acceptors (Lipinski definition) is 2. The van der Waals surface area contributed by atoms with Gasteiger partial charge in [0.1, 0.15) is 6.42 Å². The van der Waals surface area contributed by atoms with Gasteiger partial charge in [-0.2, -0.15) is 0 Å². The van der Waals surface area contributed by atoms with E-state index in [2.05, 4.69) is 6.92 Å². The standard InChI is InChI=1S/C21H32O3/c1-2-3-4-5-6-7-8-9-10-11-12-18-13-15-19(16-14-18)20(22)17-21(23)24/h13-16H,2-12,17H2,1H3,(H,23,24). The van der Waals surface area contributed by atoms with Crippen LogP contribution in [-0.2, 0) is 11.2 Å². The van der Waals surface area contributed by atoms with Crippen molar-refractivity contribution >= 4 is 11.8 Å². The molecule has 0 aliphatic carbocycles. The Hall–Kier alpha value is -1.64. The predicted octanol–water partition coefficient (Wildman–Crippen LogP) is 5.81. The summed E-state index contributed by atoms with van der Waals surface area (Å²) in [5, 5.41) is 8.64. The van der Waals surface area contributed by atoms with Crippen LogP contribution in [0.15, 0.2) is 24.3 Å². The summed E-state index contributed by atoms with van der Waals surface area (Å²) in [6.07, 6.45) is 13.9. The van der Waals surface area contributed by atoms with E-state index in [1.165, 1.54) is 69.8 Å². The van der Waals surface area contributed by atoms with Crippen LogP contribution in [0.2, 0.25) is 0 Å². The predicted molar refractivity (Wildman–Crippen MR) is 98.6 cm³/mol. The van der Waals surface area contributed by atoms with Gasteiger partial charge in [-0.15, -0.1) is 0 Å². The van der Waals surface area contributed by atoms with Gasteiger partial charge in [0.2, 0.25) is 0 Å². The molecule has 3 nitrogen and oxygen atoms in total. The monoisotopic (exact) mass is 332 g/mol. The Kier molecular flexibility index (Phi) is 10.8. The number of Topliss-reactive ketones (excluding diaryl/α,β-unsaturated/α-hetero) is 1. The second kappa shape index (κ2) is 12.7. The van der Waals surface area contributed by atoms with Gasteiger partial charge in [-0.05, 0) is 18.4 Å². The van der Waals surface area contributed by atoms with Gasteiger partial charge in [0.15, 0.2) is 5.78 Å². The number of rotatable bonds is 14. The van der Waals surface area contributed by atoms with Crippen LogP contribution in [0.5, 0.6) is 0 Å². The Labute approximate surface area is 146 Å². The second-order valence-corrected chi connectivity index (χ2v) is 6.62. The zero-order chi connectivity index (χ0) is 17.6. The molecule has 0 bridgehead atoms. The van der Waals surface area contributed by atoms with Crippen LogP contribution in [0.25, 0.3) is 0 Å². The number of carboxylic acid groups (broad SMARTS) is 1. The maximum atomic E-state index is 11.6. The van der Waals surface area contributed by atoms with E-state index >= 15 is 0 Å². The lowest BCUT2D eigenvalue weighted by Crippen LogP contribution is -2.06. The number of hydrogen-bond donors (Lipinski definition) is 1. The van der Waals surface area contributed by atoms with E-state index in [1.807, 2.05) is 12.1 Å². The molecule has 134 valence electrons.